The zero-order valence-corrected chi connectivity index (χ0v) is 7.85. The minimum Gasteiger partial charge on any atom is -0.393 e. The highest BCUT2D eigenvalue weighted by atomic mass is 16.3. The summed E-state index contributed by atoms with van der Waals surface area (Å²) in [5.41, 5.74) is 0. The van der Waals surface area contributed by atoms with Gasteiger partial charge in [-0.15, -0.1) is 0 Å². The van der Waals surface area contributed by atoms with E-state index in [-0.39, 0.29) is 6.10 Å². The third kappa shape index (κ3) is 1.72. The van der Waals surface area contributed by atoms with E-state index in [4.69, 9.17) is 0 Å². The Kier molecular flexibility index (Phi) is 2.31. The first-order valence-electron chi connectivity index (χ1n) is 4.79. The molecule has 0 bridgehead atoms. The quantitative estimate of drug-likeness (QED) is 0.698. The molecule has 0 saturated heterocycles. The minimum absolute atomic E-state index is 0.143. The maximum atomic E-state index is 9.51. The van der Waals surface area contributed by atoms with E-state index in [0.717, 1.165) is 31.5 Å². The molecule has 1 aromatic rings. The minimum atomic E-state index is -0.143. The van der Waals surface area contributed by atoms with Crippen LogP contribution in [-0.2, 0) is 7.05 Å². The molecule has 1 N–H and O–H groups in total. The zero-order chi connectivity index (χ0) is 9.26. The Bertz CT molecular complexity index is 284. The highest BCUT2D eigenvalue weighted by Crippen LogP contribution is 2.31. The summed E-state index contributed by atoms with van der Waals surface area (Å²) in [7, 11) is 1.91. The highest BCUT2D eigenvalue weighted by molar-refractivity contribution is 4.97. The van der Waals surface area contributed by atoms with Crippen LogP contribution in [0.1, 0.15) is 37.4 Å². The third-order valence-electron chi connectivity index (χ3n) is 2.76. The second-order valence-corrected chi connectivity index (χ2v) is 3.76. The fraction of sp³-hybridized carbons (Fsp3) is 0.778. The van der Waals surface area contributed by atoms with Gasteiger partial charge >= 0.3 is 0 Å². The average Bonchev–Trinajstić information content (AvgIpc) is 2.51. The van der Waals surface area contributed by atoms with Crippen LogP contribution in [0.25, 0.3) is 0 Å². The summed E-state index contributed by atoms with van der Waals surface area (Å²) in [4.78, 5) is 4.21. The lowest BCUT2D eigenvalue weighted by Crippen LogP contribution is -2.20. The molecule has 1 saturated carbocycles. The van der Waals surface area contributed by atoms with Crippen LogP contribution in [0.4, 0.5) is 0 Å². The third-order valence-corrected chi connectivity index (χ3v) is 2.76. The van der Waals surface area contributed by atoms with Crippen LogP contribution in [-0.4, -0.2) is 26.0 Å². The van der Waals surface area contributed by atoms with Gasteiger partial charge in [0.25, 0.3) is 0 Å². The van der Waals surface area contributed by atoms with Gasteiger partial charge in [-0.3, -0.25) is 4.68 Å². The molecule has 2 unspecified atom stereocenters. The molecule has 4 nitrogen and oxygen atoms in total. The van der Waals surface area contributed by atoms with Crippen molar-refractivity contribution in [2.45, 2.75) is 37.7 Å². The van der Waals surface area contributed by atoms with Crippen molar-refractivity contribution in [2.75, 3.05) is 0 Å². The van der Waals surface area contributed by atoms with Crippen LogP contribution in [0.5, 0.6) is 0 Å². The van der Waals surface area contributed by atoms with E-state index in [1.165, 1.54) is 0 Å². The number of hydrogen-bond acceptors (Lipinski definition) is 3. The molecule has 13 heavy (non-hydrogen) atoms. The molecule has 0 aromatic carbocycles. The molecular weight excluding hydrogens is 166 g/mol. The second-order valence-electron chi connectivity index (χ2n) is 3.76. The average molecular weight is 181 g/mol. The number of rotatable bonds is 1. The summed E-state index contributed by atoms with van der Waals surface area (Å²) in [6, 6.07) is 0. The van der Waals surface area contributed by atoms with E-state index < -0.39 is 0 Å². The van der Waals surface area contributed by atoms with Crippen molar-refractivity contribution in [3.8, 4) is 0 Å². The first kappa shape index (κ1) is 8.69. The molecular formula is C9H15N3O. The van der Waals surface area contributed by atoms with Crippen LogP contribution >= 0.6 is 0 Å². The zero-order valence-electron chi connectivity index (χ0n) is 7.85. The topological polar surface area (TPSA) is 50.9 Å². The van der Waals surface area contributed by atoms with E-state index in [1.54, 1.807) is 6.33 Å². The molecule has 0 radical (unpaired) electrons. The first-order chi connectivity index (χ1) is 6.27. The molecule has 1 aliphatic rings. The van der Waals surface area contributed by atoms with Gasteiger partial charge in [0, 0.05) is 13.0 Å². The fourth-order valence-electron chi connectivity index (χ4n) is 2.07. The number of aromatic nitrogens is 3. The molecule has 1 fully saturated rings. The molecule has 2 rings (SSSR count). The predicted molar refractivity (Wildman–Crippen MR) is 48.2 cm³/mol. The lowest BCUT2D eigenvalue weighted by atomic mass is 9.87. The van der Waals surface area contributed by atoms with Gasteiger partial charge in [0.15, 0.2) is 0 Å². The van der Waals surface area contributed by atoms with E-state index in [1.807, 2.05) is 11.7 Å². The summed E-state index contributed by atoms with van der Waals surface area (Å²) in [5.74, 6) is 1.41. The van der Waals surface area contributed by atoms with Crippen molar-refractivity contribution < 1.29 is 5.11 Å². The number of nitrogens with zero attached hydrogens (tertiary/aromatic N) is 3. The molecule has 0 aliphatic heterocycles. The first-order valence-corrected chi connectivity index (χ1v) is 4.79. The molecule has 1 aliphatic carbocycles. The van der Waals surface area contributed by atoms with Gasteiger partial charge < -0.3 is 5.11 Å². The number of aliphatic hydroxyl groups excluding tert-OH is 1. The van der Waals surface area contributed by atoms with E-state index in [2.05, 4.69) is 10.1 Å². The predicted octanol–water partition coefficient (Wildman–Crippen LogP) is 0.834. The fourth-order valence-corrected chi connectivity index (χ4v) is 2.07. The molecule has 1 aromatic heterocycles. The molecule has 0 amide bonds. The van der Waals surface area contributed by atoms with Gasteiger partial charge in [-0.05, 0) is 19.3 Å². The summed E-state index contributed by atoms with van der Waals surface area (Å²) in [5, 5.41) is 13.6. The monoisotopic (exact) mass is 181 g/mol. The summed E-state index contributed by atoms with van der Waals surface area (Å²) < 4.78 is 1.81. The van der Waals surface area contributed by atoms with E-state index >= 15 is 0 Å². The molecule has 72 valence electrons. The Labute approximate surface area is 77.6 Å². The summed E-state index contributed by atoms with van der Waals surface area (Å²) in [6.45, 7) is 0. The van der Waals surface area contributed by atoms with Crippen LogP contribution in [0.3, 0.4) is 0 Å². The van der Waals surface area contributed by atoms with Gasteiger partial charge in [-0.1, -0.05) is 6.42 Å². The van der Waals surface area contributed by atoms with Crippen LogP contribution < -0.4 is 0 Å². The van der Waals surface area contributed by atoms with E-state index in [0.29, 0.717) is 5.92 Å². The van der Waals surface area contributed by atoms with Gasteiger partial charge in [-0.25, -0.2) is 4.98 Å². The van der Waals surface area contributed by atoms with Gasteiger partial charge in [-0.2, -0.15) is 5.10 Å². The van der Waals surface area contributed by atoms with Crippen LogP contribution in [0.15, 0.2) is 6.33 Å². The second kappa shape index (κ2) is 3.46. The van der Waals surface area contributed by atoms with E-state index in [9.17, 15) is 5.11 Å². The van der Waals surface area contributed by atoms with Crippen LogP contribution in [0.2, 0.25) is 0 Å². The molecule has 4 heteroatoms. The Morgan fingerprint density at radius 1 is 1.54 bits per heavy atom. The lowest BCUT2D eigenvalue weighted by molar-refractivity contribution is 0.117. The maximum Gasteiger partial charge on any atom is 0.138 e. The standard InChI is InChI=1S/C9H15N3O/c1-12-9(10-6-11-12)7-3-2-4-8(13)5-7/h6-8,13H,2-5H2,1H3. The largest absolute Gasteiger partial charge is 0.393 e. The Balaban J connectivity index is 2.12. The summed E-state index contributed by atoms with van der Waals surface area (Å²) >= 11 is 0. The van der Waals surface area contributed by atoms with Crippen molar-refractivity contribution >= 4 is 0 Å². The normalized spacial score (nSPS) is 29.1. The van der Waals surface area contributed by atoms with Crippen molar-refractivity contribution in [3.63, 3.8) is 0 Å². The Morgan fingerprint density at radius 3 is 3.00 bits per heavy atom. The van der Waals surface area contributed by atoms with Crippen molar-refractivity contribution in [2.24, 2.45) is 7.05 Å². The van der Waals surface area contributed by atoms with Gasteiger partial charge in [0.2, 0.25) is 0 Å². The van der Waals surface area contributed by atoms with Crippen molar-refractivity contribution in [3.05, 3.63) is 12.2 Å². The number of aliphatic hydroxyl groups is 1. The molecule has 0 spiro atoms. The van der Waals surface area contributed by atoms with Crippen molar-refractivity contribution in [1.29, 1.82) is 0 Å². The Hall–Kier alpha value is -0.900. The summed E-state index contributed by atoms with van der Waals surface area (Å²) in [6.07, 6.45) is 5.44. The lowest BCUT2D eigenvalue weighted by Gasteiger charge is -2.24. The Morgan fingerprint density at radius 2 is 2.38 bits per heavy atom. The smallest absolute Gasteiger partial charge is 0.138 e. The van der Waals surface area contributed by atoms with Gasteiger partial charge in [0.05, 0.1) is 6.10 Å². The van der Waals surface area contributed by atoms with Crippen molar-refractivity contribution in [1.82, 2.24) is 14.8 Å². The number of hydrogen-bond donors (Lipinski definition) is 1. The highest BCUT2D eigenvalue weighted by Gasteiger charge is 2.24. The van der Waals surface area contributed by atoms with Crippen LogP contribution in [0, 0.1) is 0 Å². The molecule has 1 heterocycles. The number of aryl methyl sites for hydroxylation is 1. The SMILES string of the molecule is Cn1ncnc1C1CCCC(O)C1. The maximum absolute atomic E-state index is 9.51. The van der Waals surface area contributed by atoms with Gasteiger partial charge in [0.1, 0.15) is 12.2 Å². The molecule has 2 atom stereocenters.